The van der Waals surface area contributed by atoms with E-state index in [1.807, 2.05) is 39.0 Å². The fraction of sp³-hybridized carbons (Fsp3) is 0.417. The molecule has 0 N–H and O–H groups in total. The zero-order chi connectivity index (χ0) is 12.3. The van der Waals surface area contributed by atoms with Gasteiger partial charge in [0.15, 0.2) is 0 Å². The minimum Gasteiger partial charge on any atom is -0.460 e. The van der Waals surface area contributed by atoms with Gasteiger partial charge in [-0.05, 0) is 38.5 Å². The van der Waals surface area contributed by atoms with Crippen molar-refractivity contribution in [1.29, 1.82) is 0 Å². The number of hydrogen-bond donors (Lipinski definition) is 0. The number of rotatable bonds is 2. The summed E-state index contributed by atoms with van der Waals surface area (Å²) in [6.45, 7) is 5.58. The van der Waals surface area contributed by atoms with Crippen LogP contribution in [0.15, 0.2) is 27.1 Å². The molecule has 16 heavy (non-hydrogen) atoms. The maximum Gasteiger partial charge on any atom is 0.310 e. The van der Waals surface area contributed by atoms with Crippen molar-refractivity contribution in [2.45, 2.75) is 32.8 Å². The Morgan fingerprint density at radius 1 is 1.25 bits per heavy atom. The van der Waals surface area contributed by atoms with Crippen LogP contribution in [-0.2, 0) is 16.0 Å². The average Bonchev–Trinajstić information content (AvgIpc) is 2.08. The fourth-order valence-corrected chi connectivity index (χ4v) is 2.50. The van der Waals surface area contributed by atoms with E-state index >= 15 is 0 Å². The number of ether oxygens (including phenoxy) is 1. The van der Waals surface area contributed by atoms with Gasteiger partial charge < -0.3 is 4.74 Å². The molecule has 0 bridgehead atoms. The van der Waals surface area contributed by atoms with Crippen LogP contribution < -0.4 is 0 Å². The van der Waals surface area contributed by atoms with Crippen LogP contribution >= 0.6 is 31.9 Å². The third-order valence-electron chi connectivity index (χ3n) is 1.80. The highest BCUT2D eigenvalue weighted by atomic mass is 79.9. The molecule has 0 saturated carbocycles. The van der Waals surface area contributed by atoms with Crippen molar-refractivity contribution in [2.75, 3.05) is 0 Å². The Hall–Kier alpha value is -0.350. The molecule has 0 aliphatic rings. The van der Waals surface area contributed by atoms with Crippen molar-refractivity contribution in [1.82, 2.24) is 0 Å². The normalized spacial score (nSPS) is 11.3. The van der Waals surface area contributed by atoms with Crippen LogP contribution in [0.3, 0.4) is 0 Å². The standard InChI is InChI=1S/C12H14Br2O2/c1-12(2,3)16-11(15)7-8-9(13)5-4-6-10(8)14/h4-6H,7H2,1-3H3. The van der Waals surface area contributed by atoms with Gasteiger partial charge in [0.25, 0.3) is 0 Å². The van der Waals surface area contributed by atoms with E-state index in [4.69, 9.17) is 4.74 Å². The summed E-state index contributed by atoms with van der Waals surface area (Å²) < 4.78 is 7.09. The van der Waals surface area contributed by atoms with Gasteiger partial charge in [0.2, 0.25) is 0 Å². The van der Waals surface area contributed by atoms with Gasteiger partial charge in [-0.1, -0.05) is 37.9 Å². The summed E-state index contributed by atoms with van der Waals surface area (Å²) in [5, 5.41) is 0. The maximum absolute atomic E-state index is 11.7. The number of hydrogen-bond acceptors (Lipinski definition) is 2. The SMILES string of the molecule is CC(C)(C)OC(=O)Cc1c(Br)cccc1Br. The van der Waals surface area contributed by atoms with Crippen molar-refractivity contribution in [2.24, 2.45) is 0 Å². The molecule has 4 heteroatoms. The summed E-state index contributed by atoms with van der Waals surface area (Å²) in [4.78, 5) is 11.7. The summed E-state index contributed by atoms with van der Waals surface area (Å²) in [5.41, 5.74) is 0.474. The third-order valence-corrected chi connectivity index (χ3v) is 3.29. The lowest BCUT2D eigenvalue weighted by atomic mass is 10.1. The zero-order valence-electron chi connectivity index (χ0n) is 9.51. The molecule has 0 amide bonds. The monoisotopic (exact) mass is 348 g/mol. The van der Waals surface area contributed by atoms with Crippen LogP contribution in [0.25, 0.3) is 0 Å². The highest BCUT2D eigenvalue weighted by Gasteiger charge is 2.18. The van der Waals surface area contributed by atoms with Gasteiger partial charge in [0.1, 0.15) is 5.60 Å². The largest absolute Gasteiger partial charge is 0.460 e. The van der Waals surface area contributed by atoms with E-state index in [9.17, 15) is 4.79 Å². The zero-order valence-corrected chi connectivity index (χ0v) is 12.7. The van der Waals surface area contributed by atoms with Crippen LogP contribution in [0.1, 0.15) is 26.3 Å². The Morgan fingerprint density at radius 2 is 1.75 bits per heavy atom. The van der Waals surface area contributed by atoms with E-state index in [-0.39, 0.29) is 12.4 Å². The molecule has 1 aromatic rings. The Balaban J connectivity index is 2.78. The van der Waals surface area contributed by atoms with Gasteiger partial charge in [-0.15, -0.1) is 0 Å². The molecular weight excluding hydrogens is 336 g/mol. The van der Waals surface area contributed by atoms with Gasteiger partial charge in [-0.25, -0.2) is 0 Å². The lowest BCUT2D eigenvalue weighted by Crippen LogP contribution is -2.25. The Morgan fingerprint density at radius 3 is 2.19 bits per heavy atom. The fourth-order valence-electron chi connectivity index (χ4n) is 1.22. The second-order valence-corrected chi connectivity index (χ2v) is 6.17. The predicted octanol–water partition coefficient (Wildman–Crippen LogP) is 4.10. The minimum absolute atomic E-state index is 0.222. The van der Waals surface area contributed by atoms with Crippen LogP contribution in [0.4, 0.5) is 0 Å². The van der Waals surface area contributed by atoms with Gasteiger partial charge in [-0.2, -0.15) is 0 Å². The number of carbonyl (C=O) groups excluding carboxylic acids is 1. The number of carbonyl (C=O) groups is 1. The van der Waals surface area contributed by atoms with Crippen LogP contribution in [-0.4, -0.2) is 11.6 Å². The van der Waals surface area contributed by atoms with Crippen molar-refractivity contribution in [3.8, 4) is 0 Å². The molecule has 0 radical (unpaired) electrons. The molecule has 1 rings (SSSR count). The first kappa shape index (κ1) is 13.7. The van der Waals surface area contributed by atoms with E-state index < -0.39 is 5.60 Å². The molecule has 2 nitrogen and oxygen atoms in total. The highest BCUT2D eigenvalue weighted by molar-refractivity contribution is 9.11. The molecule has 0 atom stereocenters. The Kier molecular flexibility index (Phi) is 4.56. The van der Waals surface area contributed by atoms with E-state index in [1.165, 1.54) is 0 Å². The summed E-state index contributed by atoms with van der Waals surface area (Å²) in [6.07, 6.45) is 0.263. The summed E-state index contributed by atoms with van der Waals surface area (Å²) >= 11 is 6.83. The molecule has 0 aliphatic carbocycles. The first-order valence-corrected chi connectivity index (χ1v) is 6.53. The Bertz CT molecular complexity index is 374. The minimum atomic E-state index is -0.440. The second kappa shape index (κ2) is 5.32. The van der Waals surface area contributed by atoms with Crippen LogP contribution in [0.5, 0.6) is 0 Å². The summed E-state index contributed by atoms with van der Waals surface area (Å²) in [5.74, 6) is -0.222. The van der Waals surface area contributed by atoms with E-state index in [0.717, 1.165) is 14.5 Å². The molecule has 0 saturated heterocycles. The number of halogens is 2. The molecule has 0 fully saturated rings. The van der Waals surface area contributed by atoms with Gasteiger partial charge in [0.05, 0.1) is 6.42 Å². The average molecular weight is 350 g/mol. The van der Waals surface area contributed by atoms with Gasteiger partial charge in [-0.3, -0.25) is 4.79 Å². The van der Waals surface area contributed by atoms with E-state index in [2.05, 4.69) is 31.9 Å². The van der Waals surface area contributed by atoms with Crippen LogP contribution in [0.2, 0.25) is 0 Å². The van der Waals surface area contributed by atoms with Gasteiger partial charge >= 0.3 is 5.97 Å². The van der Waals surface area contributed by atoms with Crippen LogP contribution in [0, 0.1) is 0 Å². The molecule has 1 aromatic carbocycles. The number of benzene rings is 1. The first-order valence-electron chi connectivity index (χ1n) is 4.94. The highest BCUT2D eigenvalue weighted by Crippen LogP contribution is 2.26. The number of esters is 1. The molecule has 0 aromatic heterocycles. The predicted molar refractivity (Wildman–Crippen MR) is 71.4 cm³/mol. The summed E-state index contributed by atoms with van der Waals surface area (Å²) in [7, 11) is 0. The third kappa shape index (κ3) is 4.26. The molecule has 88 valence electrons. The van der Waals surface area contributed by atoms with Crippen molar-refractivity contribution >= 4 is 37.8 Å². The summed E-state index contributed by atoms with van der Waals surface area (Å²) in [6, 6.07) is 5.72. The molecule has 0 spiro atoms. The molecular formula is C12H14Br2O2. The first-order chi connectivity index (χ1) is 7.29. The Labute approximate surface area is 113 Å². The lowest BCUT2D eigenvalue weighted by molar-refractivity contribution is -0.153. The molecule has 0 aliphatic heterocycles. The smallest absolute Gasteiger partial charge is 0.310 e. The van der Waals surface area contributed by atoms with E-state index in [0.29, 0.717) is 0 Å². The topological polar surface area (TPSA) is 26.3 Å². The molecule has 0 unspecified atom stereocenters. The van der Waals surface area contributed by atoms with Gasteiger partial charge in [0, 0.05) is 8.95 Å². The lowest BCUT2D eigenvalue weighted by Gasteiger charge is -2.19. The maximum atomic E-state index is 11.7. The van der Waals surface area contributed by atoms with E-state index in [1.54, 1.807) is 0 Å². The quantitative estimate of drug-likeness (QED) is 0.751. The second-order valence-electron chi connectivity index (χ2n) is 4.46. The molecule has 0 heterocycles. The van der Waals surface area contributed by atoms with Crippen molar-refractivity contribution < 1.29 is 9.53 Å². The van der Waals surface area contributed by atoms with Crippen molar-refractivity contribution in [3.63, 3.8) is 0 Å². The van der Waals surface area contributed by atoms with Crippen molar-refractivity contribution in [3.05, 3.63) is 32.7 Å².